The number of para-hydroxylation sites is 1. The molecule has 0 saturated carbocycles. The van der Waals surface area contributed by atoms with Crippen LogP contribution in [0.3, 0.4) is 0 Å². The van der Waals surface area contributed by atoms with Crippen LogP contribution in [-0.4, -0.2) is 33.7 Å². The van der Waals surface area contributed by atoms with Crippen LogP contribution < -0.4 is 15.2 Å². The Bertz CT molecular complexity index is 1320. The second-order valence-corrected chi connectivity index (χ2v) is 6.95. The van der Waals surface area contributed by atoms with Crippen molar-refractivity contribution in [3.05, 3.63) is 72.5 Å². The van der Waals surface area contributed by atoms with E-state index in [1.54, 1.807) is 43.3 Å². The quantitative estimate of drug-likeness (QED) is 0.229. The Kier molecular flexibility index (Phi) is 5.73. The van der Waals surface area contributed by atoms with Crippen molar-refractivity contribution in [2.75, 3.05) is 10.4 Å². The van der Waals surface area contributed by atoms with Gasteiger partial charge in [0.25, 0.3) is 0 Å². The van der Waals surface area contributed by atoms with E-state index < -0.39 is 17.9 Å². The minimum atomic E-state index is -1.45. The lowest BCUT2D eigenvalue weighted by Gasteiger charge is -2.12. The molecular formula is C23H17FN4O5. The number of carboxylic acid groups (broad SMARTS) is 1. The molecule has 0 saturated heterocycles. The van der Waals surface area contributed by atoms with Crippen molar-refractivity contribution in [1.29, 1.82) is 0 Å². The Labute approximate surface area is 187 Å². The number of carbonyl (C=O) groups excluding carboxylic acids is 1. The number of nitrogens with one attached hydrogen (secondary N) is 1. The van der Waals surface area contributed by atoms with E-state index in [-0.39, 0.29) is 28.6 Å². The van der Waals surface area contributed by atoms with Crippen molar-refractivity contribution >= 4 is 34.9 Å². The molecule has 4 rings (SSSR count). The molecule has 0 unspecified atom stereocenters. The Balaban J connectivity index is 1.59. The molecule has 1 aliphatic rings. The summed E-state index contributed by atoms with van der Waals surface area (Å²) >= 11 is 0. The van der Waals surface area contributed by atoms with Crippen LogP contribution in [0.2, 0.25) is 0 Å². The maximum absolute atomic E-state index is 13.5. The van der Waals surface area contributed by atoms with Crippen LogP contribution >= 0.6 is 0 Å². The molecular weight excluding hydrogens is 431 g/mol. The van der Waals surface area contributed by atoms with Crippen LogP contribution in [0.5, 0.6) is 11.5 Å². The number of rotatable bonds is 5. The van der Waals surface area contributed by atoms with Crippen molar-refractivity contribution in [2.45, 2.75) is 6.92 Å². The first-order chi connectivity index (χ1) is 15.8. The number of ether oxygens (including phenoxy) is 1. The number of benzene rings is 3. The van der Waals surface area contributed by atoms with Crippen LogP contribution in [0, 0.1) is 5.82 Å². The minimum absolute atomic E-state index is 0.000852. The molecule has 0 atom stereocenters. The molecule has 3 aromatic rings. The number of phenolic OH excluding ortho intramolecular Hbond substituents is 1. The number of nitrogens with zero attached hydrogens (tertiary/aromatic N) is 3. The van der Waals surface area contributed by atoms with Gasteiger partial charge in [0.1, 0.15) is 17.3 Å². The molecule has 0 aliphatic carbocycles. The number of aromatic hydroxyl groups is 1. The van der Waals surface area contributed by atoms with Crippen LogP contribution in [0.25, 0.3) is 11.1 Å². The molecule has 9 nitrogen and oxygen atoms in total. The number of hydrogen-bond acceptors (Lipinski definition) is 7. The van der Waals surface area contributed by atoms with Crippen molar-refractivity contribution in [3.63, 3.8) is 0 Å². The van der Waals surface area contributed by atoms with Gasteiger partial charge in [0.05, 0.1) is 17.1 Å². The molecule has 0 bridgehead atoms. The number of amides is 1. The highest BCUT2D eigenvalue weighted by Crippen LogP contribution is 2.36. The lowest BCUT2D eigenvalue weighted by Crippen LogP contribution is -2.28. The molecule has 0 radical (unpaired) electrons. The highest BCUT2D eigenvalue weighted by atomic mass is 19.1. The van der Waals surface area contributed by atoms with Gasteiger partial charge in [-0.15, -0.1) is 0 Å². The van der Waals surface area contributed by atoms with Crippen molar-refractivity contribution in [2.24, 2.45) is 10.2 Å². The normalized spacial score (nSPS) is 14.4. The first-order valence-corrected chi connectivity index (χ1v) is 9.66. The van der Waals surface area contributed by atoms with E-state index in [1.165, 1.54) is 30.3 Å². The summed E-state index contributed by atoms with van der Waals surface area (Å²) in [6.45, 7) is 1.59. The third-order valence-corrected chi connectivity index (χ3v) is 4.71. The van der Waals surface area contributed by atoms with Gasteiger partial charge in [-0.05, 0) is 48.9 Å². The van der Waals surface area contributed by atoms with Crippen molar-refractivity contribution < 1.29 is 28.9 Å². The Morgan fingerprint density at radius 2 is 1.88 bits per heavy atom. The summed E-state index contributed by atoms with van der Waals surface area (Å²) < 4.78 is 18.2. The fourth-order valence-corrected chi connectivity index (χ4v) is 3.22. The van der Waals surface area contributed by atoms with Crippen molar-refractivity contribution in [3.8, 4) is 22.6 Å². The van der Waals surface area contributed by atoms with E-state index in [2.05, 4.69) is 20.4 Å². The van der Waals surface area contributed by atoms with Gasteiger partial charge in [-0.3, -0.25) is 10.2 Å². The minimum Gasteiger partial charge on any atom is -0.505 e. The lowest BCUT2D eigenvalue weighted by atomic mass is 10.0. The fourth-order valence-electron chi connectivity index (χ4n) is 3.22. The monoisotopic (exact) mass is 448 g/mol. The summed E-state index contributed by atoms with van der Waals surface area (Å²) in [6.07, 6.45) is -1.45. The largest absolute Gasteiger partial charge is 0.511 e. The average molecular weight is 448 g/mol. The van der Waals surface area contributed by atoms with Crippen LogP contribution in [0.1, 0.15) is 6.92 Å². The van der Waals surface area contributed by atoms with Gasteiger partial charge in [-0.2, -0.15) is 15.2 Å². The number of hydrazone groups is 2. The SMILES string of the molecule is CC1=NN(c2cccc(F)c2)C(=O)C1=NNc1cccc(-c2cccc(OC(=O)O)c2)c1O. The van der Waals surface area contributed by atoms with E-state index >= 15 is 0 Å². The van der Waals surface area contributed by atoms with Gasteiger partial charge in [0.2, 0.25) is 0 Å². The molecule has 0 spiro atoms. The van der Waals surface area contributed by atoms with Gasteiger partial charge in [0.15, 0.2) is 5.71 Å². The van der Waals surface area contributed by atoms with Gasteiger partial charge >= 0.3 is 12.1 Å². The molecule has 1 amide bonds. The number of anilines is 2. The summed E-state index contributed by atoms with van der Waals surface area (Å²) in [5, 5.41) is 28.8. The zero-order valence-corrected chi connectivity index (χ0v) is 17.2. The van der Waals surface area contributed by atoms with Gasteiger partial charge in [-0.1, -0.05) is 30.3 Å². The molecule has 3 N–H and O–H groups in total. The van der Waals surface area contributed by atoms with Gasteiger partial charge in [-0.25, -0.2) is 9.18 Å². The van der Waals surface area contributed by atoms with E-state index in [0.717, 1.165) is 5.01 Å². The van der Waals surface area contributed by atoms with E-state index in [0.29, 0.717) is 16.8 Å². The molecule has 166 valence electrons. The number of hydrogen-bond donors (Lipinski definition) is 3. The Morgan fingerprint density at radius 1 is 1.12 bits per heavy atom. The highest BCUT2D eigenvalue weighted by molar-refractivity contribution is 6.71. The van der Waals surface area contributed by atoms with E-state index in [1.807, 2.05) is 0 Å². The standard InChI is InChI=1S/C23H17FN4O5/c1-13-20(22(30)28(27-13)16-7-3-6-15(24)12-16)26-25-19-10-4-9-18(21(19)29)14-5-2-8-17(11-14)33-23(31)32/h2-12,25,29H,1H3,(H,31,32). The van der Waals surface area contributed by atoms with E-state index in [9.17, 15) is 19.1 Å². The Morgan fingerprint density at radius 3 is 2.64 bits per heavy atom. The summed E-state index contributed by atoms with van der Waals surface area (Å²) in [7, 11) is 0. The third kappa shape index (κ3) is 4.49. The van der Waals surface area contributed by atoms with Crippen molar-refractivity contribution in [1.82, 2.24) is 0 Å². The molecule has 10 heteroatoms. The second-order valence-electron chi connectivity index (χ2n) is 6.95. The molecule has 33 heavy (non-hydrogen) atoms. The third-order valence-electron chi connectivity index (χ3n) is 4.71. The van der Waals surface area contributed by atoms with Gasteiger partial charge < -0.3 is 14.9 Å². The van der Waals surface area contributed by atoms with Gasteiger partial charge in [0, 0.05) is 5.56 Å². The average Bonchev–Trinajstić information content (AvgIpc) is 3.06. The number of carbonyl (C=O) groups is 2. The zero-order chi connectivity index (χ0) is 23.5. The number of phenols is 1. The summed E-state index contributed by atoms with van der Waals surface area (Å²) in [5.74, 6) is -1.13. The molecule has 0 fully saturated rings. The molecule has 1 heterocycles. The second kappa shape index (κ2) is 8.79. The summed E-state index contributed by atoms with van der Waals surface area (Å²) in [4.78, 5) is 23.5. The first kappa shape index (κ1) is 21.5. The van der Waals surface area contributed by atoms with Crippen LogP contribution in [-0.2, 0) is 4.79 Å². The lowest BCUT2D eigenvalue weighted by molar-refractivity contribution is -0.112. The fraction of sp³-hybridized carbons (Fsp3) is 0.0435. The molecule has 0 aromatic heterocycles. The zero-order valence-electron chi connectivity index (χ0n) is 17.2. The predicted molar refractivity (Wildman–Crippen MR) is 120 cm³/mol. The molecule has 3 aromatic carbocycles. The maximum Gasteiger partial charge on any atom is 0.511 e. The maximum atomic E-state index is 13.5. The van der Waals surface area contributed by atoms with E-state index in [4.69, 9.17) is 5.11 Å². The number of halogens is 1. The summed E-state index contributed by atoms with van der Waals surface area (Å²) in [5.41, 5.74) is 4.34. The first-order valence-electron chi connectivity index (χ1n) is 9.66. The summed E-state index contributed by atoms with van der Waals surface area (Å²) in [6, 6.07) is 16.5. The topological polar surface area (TPSA) is 124 Å². The highest BCUT2D eigenvalue weighted by Gasteiger charge is 2.31. The Hall–Kier alpha value is -4.73. The van der Waals surface area contributed by atoms with Crippen LogP contribution in [0.15, 0.2) is 76.9 Å². The molecule has 1 aliphatic heterocycles. The predicted octanol–water partition coefficient (Wildman–Crippen LogP) is 4.45. The smallest absolute Gasteiger partial charge is 0.505 e. The van der Waals surface area contributed by atoms with Crippen LogP contribution in [0.4, 0.5) is 20.6 Å².